The van der Waals surface area contributed by atoms with Gasteiger partial charge < -0.3 is 10.2 Å². The highest BCUT2D eigenvalue weighted by Gasteiger charge is 2.32. The molecule has 2 atom stereocenters. The molecule has 0 aliphatic rings. The molecule has 0 aromatic heterocycles. The maximum absolute atomic E-state index is 13.3. The molecule has 7 nitrogen and oxygen atoms in total. The second kappa shape index (κ2) is 13.5. The molecule has 0 fully saturated rings. The van der Waals surface area contributed by atoms with Crippen LogP contribution in [0.25, 0.3) is 0 Å². The highest BCUT2D eigenvalue weighted by atomic mass is 79.9. The van der Waals surface area contributed by atoms with Crippen molar-refractivity contribution >= 4 is 43.5 Å². The molecule has 0 unspecified atom stereocenters. The van der Waals surface area contributed by atoms with Crippen molar-refractivity contribution in [2.24, 2.45) is 0 Å². The number of amides is 2. The molecule has 2 rings (SSSR count). The van der Waals surface area contributed by atoms with Crippen LogP contribution in [-0.4, -0.2) is 50.0 Å². The summed E-state index contributed by atoms with van der Waals surface area (Å²) in [4.78, 5) is 27.5. The Labute approximate surface area is 230 Å². The standard InChI is InChI=1S/C26H33BrF3N3O4S/c1-5-18(2)31-25(35)19(3)32(17-20-11-13-22(27)14-12-20)24(34)10-7-15-33(38(4,36)37)23-9-6-8-21(16-23)26(28,29)30/h6,8-9,11-14,16,18-19H,5,7,10,15,17H2,1-4H3,(H,31,35)/t18-,19+/m1/s1. The monoisotopic (exact) mass is 619 g/mol. The van der Waals surface area contributed by atoms with Crippen LogP contribution in [0.2, 0.25) is 0 Å². The van der Waals surface area contributed by atoms with Gasteiger partial charge in [-0.25, -0.2) is 8.42 Å². The Morgan fingerprint density at radius 1 is 1.08 bits per heavy atom. The zero-order chi connectivity index (χ0) is 28.7. The number of carbonyl (C=O) groups is 2. The Kier molecular flexibility index (Phi) is 11.2. The molecular weight excluding hydrogens is 587 g/mol. The molecule has 0 saturated carbocycles. The summed E-state index contributed by atoms with van der Waals surface area (Å²) in [5.74, 6) is -0.691. The molecule has 0 spiro atoms. The average molecular weight is 621 g/mol. The summed E-state index contributed by atoms with van der Waals surface area (Å²) in [5, 5.41) is 2.87. The third-order valence-electron chi connectivity index (χ3n) is 6.05. The highest BCUT2D eigenvalue weighted by Crippen LogP contribution is 2.32. The van der Waals surface area contributed by atoms with Crippen LogP contribution in [-0.2, 0) is 32.3 Å². The number of nitrogens with one attached hydrogen (secondary N) is 1. The molecule has 0 saturated heterocycles. The molecule has 12 heteroatoms. The first-order valence-corrected chi connectivity index (χ1v) is 14.8. The van der Waals surface area contributed by atoms with E-state index in [1.807, 2.05) is 38.1 Å². The molecule has 210 valence electrons. The average Bonchev–Trinajstić information content (AvgIpc) is 2.84. The predicted molar refractivity (Wildman–Crippen MR) is 145 cm³/mol. The lowest BCUT2D eigenvalue weighted by atomic mass is 10.1. The van der Waals surface area contributed by atoms with Gasteiger partial charge in [-0.2, -0.15) is 13.2 Å². The number of hydrogen-bond donors (Lipinski definition) is 1. The number of alkyl halides is 3. The van der Waals surface area contributed by atoms with E-state index in [4.69, 9.17) is 0 Å². The van der Waals surface area contributed by atoms with Gasteiger partial charge in [-0.05, 0) is 62.6 Å². The van der Waals surface area contributed by atoms with Crippen LogP contribution in [0.3, 0.4) is 0 Å². The SMILES string of the molecule is CC[C@@H](C)NC(=O)[C@H](C)N(Cc1ccc(Br)cc1)C(=O)CCCN(c1cccc(C(F)(F)F)c1)S(C)(=O)=O. The van der Waals surface area contributed by atoms with E-state index in [9.17, 15) is 31.2 Å². The summed E-state index contributed by atoms with van der Waals surface area (Å²) in [6, 6.07) is 10.5. The van der Waals surface area contributed by atoms with Gasteiger partial charge in [0, 0.05) is 30.0 Å². The zero-order valence-electron chi connectivity index (χ0n) is 21.8. The van der Waals surface area contributed by atoms with Gasteiger partial charge in [0.05, 0.1) is 17.5 Å². The van der Waals surface area contributed by atoms with E-state index >= 15 is 0 Å². The van der Waals surface area contributed by atoms with E-state index in [1.54, 1.807) is 6.92 Å². The Morgan fingerprint density at radius 2 is 1.71 bits per heavy atom. The summed E-state index contributed by atoms with van der Waals surface area (Å²) in [6.07, 6.45) is -3.08. The van der Waals surface area contributed by atoms with Gasteiger partial charge in [0.15, 0.2) is 0 Å². The number of halogens is 4. The van der Waals surface area contributed by atoms with Crippen molar-refractivity contribution in [3.8, 4) is 0 Å². The summed E-state index contributed by atoms with van der Waals surface area (Å²) in [6.45, 7) is 5.37. The first kappa shape index (κ1) is 31.6. The molecule has 2 amide bonds. The largest absolute Gasteiger partial charge is 0.416 e. The Bertz CT molecular complexity index is 1210. The minimum absolute atomic E-state index is 0.0404. The van der Waals surface area contributed by atoms with Crippen LogP contribution in [0.5, 0.6) is 0 Å². The fraction of sp³-hybridized carbons (Fsp3) is 0.462. The van der Waals surface area contributed by atoms with E-state index in [1.165, 1.54) is 11.0 Å². The lowest BCUT2D eigenvalue weighted by Gasteiger charge is -2.30. The van der Waals surface area contributed by atoms with E-state index in [-0.39, 0.29) is 49.5 Å². The van der Waals surface area contributed by atoms with Crippen molar-refractivity contribution < 1.29 is 31.2 Å². The van der Waals surface area contributed by atoms with Gasteiger partial charge >= 0.3 is 6.18 Å². The minimum Gasteiger partial charge on any atom is -0.352 e. The Balaban J connectivity index is 2.21. The van der Waals surface area contributed by atoms with Gasteiger partial charge in [0.25, 0.3) is 0 Å². The number of benzene rings is 2. The molecule has 0 radical (unpaired) electrons. The first-order valence-electron chi connectivity index (χ1n) is 12.1. The molecule has 0 bridgehead atoms. The molecular formula is C26H33BrF3N3O4S. The van der Waals surface area contributed by atoms with E-state index in [0.717, 1.165) is 45.2 Å². The first-order chi connectivity index (χ1) is 17.6. The number of carbonyl (C=O) groups excluding carboxylic acids is 2. The zero-order valence-corrected chi connectivity index (χ0v) is 24.2. The molecule has 0 aliphatic carbocycles. The lowest BCUT2D eigenvalue weighted by molar-refractivity contribution is -0.140. The summed E-state index contributed by atoms with van der Waals surface area (Å²) in [7, 11) is -3.92. The van der Waals surface area contributed by atoms with E-state index in [0.29, 0.717) is 0 Å². The van der Waals surface area contributed by atoms with Gasteiger partial charge in [-0.1, -0.05) is 41.1 Å². The second-order valence-corrected chi connectivity index (χ2v) is 12.0. The van der Waals surface area contributed by atoms with Crippen molar-refractivity contribution in [1.82, 2.24) is 10.2 Å². The Hall–Kier alpha value is -2.60. The minimum atomic E-state index is -4.63. The number of nitrogens with zero attached hydrogens (tertiary/aromatic N) is 2. The van der Waals surface area contributed by atoms with Crippen LogP contribution >= 0.6 is 15.9 Å². The smallest absolute Gasteiger partial charge is 0.352 e. The maximum atomic E-state index is 13.3. The van der Waals surface area contributed by atoms with Crippen molar-refractivity contribution in [3.05, 3.63) is 64.1 Å². The number of anilines is 1. The maximum Gasteiger partial charge on any atom is 0.416 e. The van der Waals surface area contributed by atoms with Gasteiger partial charge in [0.2, 0.25) is 21.8 Å². The third-order valence-corrected chi connectivity index (χ3v) is 7.77. The van der Waals surface area contributed by atoms with Crippen molar-refractivity contribution in [2.45, 2.75) is 64.8 Å². The van der Waals surface area contributed by atoms with Crippen LogP contribution in [0.15, 0.2) is 53.0 Å². The lowest BCUT2D eigenvalue weighted by Crippen LogP contribution is -2.49. The summed E-state index contributed by atoms with van der Waals surface area (Å²) in [5.41, 5.74) is -0.309. The fourth-order valence-corrected chi connectivity index (χ4v) is 4.90. The van der Waals surface area contributed by atoms with Gasteiger partial charge in [0.1, 0.15) is 6.04 Å². The molecule has 1 N–H and O–H groups in total. The second-order valence-electron chi connectivity index (χ2n) is 9.13. The van der Waals surface area contributed by atoms with E-state index in [2.05, 4.69) is 21.2 Å². The van der Waals surface area contributed by atoms with Crippen molar-refractivity contribution in [1.29, 1.82) is 0 Å². The van der Waals surface area contributed by atoms with E-state index < -0.39 is 27.8 Å². The van der Waals surface area contributed by atoms with Crippen molar-refractivity contribution in [2.75, 3.05) is 17.1 Å². The van der Waals surface area contributed by atoms with Gasteiger partial charge in [-0.15, -0.1) is 0 Å². The third kappa shape index (κ3) is 9.30. The number of rotatable bonds is 12. The molecule has 2 aromatic carbocycles. The molecule has 2 aromatic rings. The van der Waals surface area contributed by atoms with Crippen LogP contribution in [0.4, 0.5) is 18.9 Å². The van der Waals surface area contributed by atoms with Gasteiger partial charge in [-0.3, -0.25) is 13.9 Å². The molecule has 0 heterocycles. The van der Waals surface area contributed by atoms with Crippen LogP contribution in [0, 0.1) is 0 Å². The highest BCUT2D eigenvalue weighted by molar-refractivity contribution is 9.10. The normalized spacial score (nSPS) is 13.5. The fourth-order valence-electron chi connectivity index (χ4n) is 3.68. The van der Waals surface area contributed by atoms with Crippen LogP contribution < -0.4 is 9.62 Å². The number of sulfonamides is 1. The summed E-state index contributed by atoms with van der Waals surface area (Å²) < 4.78 is 66.0. The molecule has 0 aliphatic heterocycles. The van der Waals surface area contributed by atoms with Crippen molar-refractivity contribution in [3.63, 3.8) is 0 Å². The topological polar surface area (TPSA) is 86.8 Å². The number of hydrogen-bond acceptors (Lipinski definition) is 4. The van der Waals surface area contributed by atoms with Crippen LogP contribution in [0.1, 0.15) is 51.2 Å². The summed E-state index contributed by atoms with van der Waals surface area (Å²) >= 11 is 3.37. The predicted octanol–water partition coefficient (Wildman–Crippen LogP) is 5.35. The Morgan fingerprint density at radius 3 is 2.26 bits per heavy atom. The molecule has 38 heavy (non-hydrogen) atoms. The quantitative estimate of drug-likeness (QED) is 0.347.